The van der Waals surface area contributed by atoms with E-state index in [0.29, 0.717) is 0 Å². The van der Waals surface area contributed by atoms with E-state index in [0.717, 1.165) is 19.1 Å². The fourth-order valence-electron chi connectivity index (χ4n) is 3.04. The minimum Gasteiger partial charge on any atom is -0.450 e. The van der Waals surface area contributed by atoms with Crippen LogP contribution >= 0.6 is 23.2 Å². The molecule has 156 valence electrons. The normalized spacial score (nSPS) is 17.6. The molecule has 7 nitrogen and oxygen atoms in total. The predicted molar refractivity (Wildman–Crippen MR) is 101 cm³/mol. The molecule has 1 fully saturated rings. The van der Waals surface area contributed by atoms with Crippen molar-refractivity contribution in [2.75, 3.05) is 12.9 Å². The van der Waals surface area contributed by atoms with Gasteiger partial charge in [-0.3, -0.25) is 4.79 Å². The summed E-state index contributed by atoms with van der Waals surface area (Å²) in [5.74, 6) is -0.824. The molecule has 0 bridgehead atoms. The van der Waals surface area contributed by atoms with Crippen LogP contribution in [0.3, 0.4) is 0 Å². The summed E-state index contributed by atoms with van der Waals surface area (Å²) < 4.78 is 42.5. The number of amides is 1. The Morgan fingerprint density at radius 3 is 2.29 bits per heavy atom. The second kappa shape index (κ2) is 8.84. The average molecular weight is 456 g/mol. The molecule has 0 aliphatic heterocycles. The smallest absolute Gasteiger partial charge is 0.450 e. The number of carbonyl (C=O) groups is 2. The highest BCUT2D eigenvalue weighted by Gasteiger charge is 2.49. The maximum Gasteiger partial charge on any atom is 0.506 e. The zero-order chi connectivity index (χ0) is 21.1. The maximum atomic E-state index is 14.0. The van der Waals surface area contributed by atoms with Gasteiger partial charge in [0.05, 0.1) is 4.90 Å². The number of rotatable bonds is 9. The number of sulfone groups is 1. The molecule has 28 heavy (non-hydrogen) atoms. The van der Waals surface area contributed by atoms with Gasteiger partial charge in [-0.25, -0.2) is 17.6 Å². The summed E-state index contributed by atoms with van der Waals surface area (Å²) >= 11 is 11.1. The van der Waals surface area contributed by atoms with Crippen LogP contribution in [-0.2, 0) is 25.0 Å². The number of carbonyl (C=O) groups excluding carboxylic acids is 1. The Morgan fingerprint density at radius 1 is 1.32 bits per heavy atom. The molecule has 2 rings (SSSR count). The molecule has 2 N–H and O–H groups in total. The number of hydrogen-bond acceptors (Lipinski definition) is 5. The van der Waals surface area contributed by atoms with Crippen molar-refractivity contribution in [3.8, 4) is 0 Å². The Labute approximate surface area is 172 Å². The lowest BCUT2D eigenvalue weighted by atomic mass is 9.81. The Kier molecular flexibility index (Phi) is 7.17. The predicted octanol–water partition coefficient (Wildman–Crippen LogP) is 3.04. The van der Waals surface area contributed by atoms with Crippen molar-refractivity contribution in [1.29, 1.82) is 0 Å². The third kappa shape index (κ3) is 5.48. The molecule has 1 aliphatic rings. The first-order valence-corrected chi connectivity index (χ1v) is 11.1. The Balaban J connectivity index is 2.54. The van der Waals surface area contributed by atoms with E-state index in [1.807, 2.05) is 0 Å². The van der Waals surface area contributed by atoms with E-state index in [-0.39, 0.29) is 22.8 Å². The van der Waals surface area contributed by atoms with Crippen molar-refractivity contribution in [1.82, 2.24) is 5.32 Å². The van der Waals surface area contributed by atoms with Gasteiger partial charge in [0.25, 0.3) is 5.91 Å². The van der Waals surface area contributed by atoms with Crippen molar-refractivity contribution >= 4 is 45.1 Å². The van der Waals surface area contributed by atoms with E-state index in [1.54, 1.807) is 0 Å². The minimum absolute atomic E-state index is 0.00862. The van der Waals surface area contributed by atoms with Gasteiger partial charge in [-0.15, -0.1) is 0 Å². The minimum atomic E-state index is -3.49. The van der Waals surface area contributed by atoms with E-state index in [4.69, 9.17) is 27.9 Å². The Bertz CT molecular complexity index is 829. The molecule has 0 unspecified atom stereocenters. The molecule has 0 saturated heterocycles. The highest BCUT2D eigenvalue weighted by molar-refractivity contribution is 7.90. The molecular weight excluding hydrogens is 436 g/mol. The Morgan fingerprint density at radius 2 is 1.89 bits per heavy atom. The first kappa shape index (κ1) is 22.7. The number of hydrogen-bond donors (Lipinski definition) is 2. The van der Waals surface area contributed by atoms with Crippen LogP contribution in [0.5, 0.6) is 0 Å². The molecule has 0 radical (unpaired) electrons. The van der Waals surface area contributed by atoms with Crippen LogP contribution in [0.1, 0.15) is 24.8 Å². The maximum absolute atomic E-state index is 14.0. The van der Waals surface area contributed by atoms with Gasteiger partial charge in [-0.2, -0.15) is 0 Å². The summed E-state index contributed by atoms with van der Waals surface area (Å²) in [6, 6.07) is 3.87. The van der Waals surface area contributed by atoms with E-state index in [9.17, 15) is 27.5 Å². The molecule has 2 atom stereocenters. The van der Waals surface area contributed by atoms with Crippen LogP contribution < -0.4 is 5.32 Å². The van der Waals surface area contributed by atoms with Crippen LogP contribution in [0.25, 0.3) is 0 Å². The van der Waals surface area contributed by atoms with Gasteiger partial charge in [0.15, 0.2) is 20.3 Å². The molecule has 1 aliphatic carbocycles. The number of benzene rings is 1. The van der Waals surface area contributed by atoms with Crippen molar-refractivity contribution in [2.24, 2.45) is 5.92 Å². The lowest BCUT2D eigenvalue weighted by Crippen LogP contribution is -2.55. The van der Waals surface area contributed by atoms with Gasteiger partial charge in [0, 0.05) is 6.26 Å². The zero-order valence-corrected chi connectivity index (χ0v) is 17.2. The Hall–Kier alpha value is -1.58. The SMILES string of the molecule is CS(=O)(=O)c1ccc([C@@](CC2CC2)(OC(=O)O)[C@@H](CF)NC(=O)C(Cl)Cl)cc1. The number of ether oxygens (including phenoxy) is 1. The molecule has 1 amide bonds. The van der Waals surface area contributed by atoms with E-state index in [2.05, 4.69) is 5.32 Å². The molecule has 11 heteroatoms. The highest BCUT2D eigenvalue weighted by Crippen LogP contribution is 2.45. The van der Waals surface area contributed by atoms with Gasteiger partial charge in [0.1, 0.15) is 12.7 Å². The second-order valence-corrected chi connectivity index (χ2v) is 9.83. The van der Waals surface area contributed by atoms with Crippen molar-refractivity contribution in [3.63, 3.8) is 0 Å². The van der Waals surface area contributed by atoms with Gasteiger partial charge < -0.3 is 15.2 Å². The van der Waals surface area contributed by atoms with Crippen LogP contribution in [0.2, 0.25) is 0 Å². The van der Waals surface area contributed by atoms with Crippen molar-refractivity contribution in [3.05, 3.63) is 29.8 Å². The molecule has 1 aromatic rings. The molecular formula is C17H20Cl2FNO6S. The quantitative estimate of drug-likeness (QED) is 0.437. The number of alkyl halides is 3. The van der Waals surface area contributed by atoms with Gasteiger partial charge in [-0.1, -0.05) is 48.2 Å². The molecule has 1 aromatic carbocycles. The number of halogens is 3. The van der Waals surface area contributed by atoms with Crippen molar-refractivity contribution < 1.29 is 32.2 Å². The van der Waals surface area contributed by atoms with E-state index in [1.165, 1.54) is 24.3 Å². The van der Waals surface area contributed by atoms with Crippen LogP contribution in [0.15, 0.2) is 29.2 Å². The summed E-state index contributed by atoms with van der Waals surface area (Å²) in [6.45, 7) is -1.15. The third-order valence-electron chi connectivity index (χ3n) is 4.56. The second-order valence-electron chi connectivity index (χ2n) is 6.72. The fourth-order valence-corrected chi connectivity index (χ4v) is 3.79. The topological polar surface area (TPSA) is 110 Å². The monoisotopic (exact) mass is 455 g/mol. The van der Waals surface area contributed by atoms with Crippen molar-refractivity contribution in [2.45, 2.75) is 40.6 Å². The van der Waals surface area contributed by atoms with Crippen LogP contribution in [0, 0.1) is 5.92 Å². The van der Waals surface area contributed by atoms with Gasteiger partial charge in [0.2, 0.25) is 0 Å². The largest absolute Gasteiger partial charge is 0.506 e. The third-order valence-corrected chi connectivity index (χ3v) is 6.09. The van der Waals surface area contributed by atoms with E-state index >= 15 is 0 Å². The van der Waals surface area contributed by atoms with Crippen LogP contribution in [-0.4, -0.2) is 49.4 Å². The standard InChI is InChI=1S/C17H20Cl2FNO6S/c1-28(25,26)12-6-4-11(5-7-12)17(27-16(23)24,8-10-2-3-10)13(9-20)21-15(22)14(18)19/h4-7,10,13-14H,2-3,8-9H2,1H3,(H,21,22)(H,23,24)/t13-,17-/m1/s1. The molecule has 0 heterocycles. The first-order chi connectivity index (χ1) is 13.0. The number of nitrogens with one attached hydrogen (secondary N) is 1. The summed E-state index contributed by atoms with van der Waals surface area (Å²) in [4.78, 5) is 21.9. The first-order valence-electron chi connectivity index (χ1n) is 8.36. The summed E-state index contributed by atoms with van der Waals surface area (Å²) in [6.07, 6.45) is 1.08. The fraction of sp³-hybridized carbons (Fsp3) is 0.529. The summed E-state index contributed by atoms with van der Waals surface area (Å²) in [5, 5.41) is 11.6. The molecule has 0 spiro atoms. The number of carboxylic acid groups (broad SMARTS) is 1. The molecule has 0 aromatic heterocycles. The van der Waals surface area contributed by atoms with Gasteiger partial charge >= 0.3 is 6.16 Å². The van der Waals surface area contributed by atoms with Gasteiger partial charge in [-0.05, 0) is 30.0 Å². The van der Waals surface area contributed by atoms with E-state index < -0.39 is 45.1 Å². The molecule has 1 saturated carbocycles. The summed E-state index contributed by atoms with van der Waals surface area (Å²) in [5.41, 5.74) is -1.55. The average Bonchev–Trinajstić information content (AvgIpc) is 3.41. The lowest BCUT2D eigenvalue weighted by Gasteiger charge is -2.39. The van der Waals surface area contributed by atoms with Crippen LogP contribution in [0.4, 0.5) is 9.18 Å². The lowest BCUT2D eigenvalue weighted by molar-refractivity contribution is -0.124. The zero-order valence-electron chi connectivity index (χ0n) is 14.9. The summed E-state index contributed by atoms with van der Waals surface area (Å²) in [7, 11) is -3.49. The highest BCUT2D eigenvalue weighted by atomic mass is 35.5.